The molecule has 1 aliphatic rings. The van der Waals surface area contributed by atoms with Gasteiger partial charge in [0.05, 0.1) is 39.0 Å². The van der Waals surface area contributed by atoms with Crippen LogP contribution in [-0.4, -0.2) is 48.4 Å². The van der Waals surface area contributed by atoms with Gasteiger partial charge in [-0.2, -0.15) is 5.26 Å². The lowest BCUT2D eigenvalue weighted by atomic mass is 9.65. The van der Waals surface area contributed by atoms with Crippen LogP contribution < -0.4 is 28.6 Å². The van der Waals surface area contributed by atoms with Gasteiger partial charge in [-0.1, -0.05) is 18.2 Å². The Bertz CT molecular complexity index is 1450. The third-order valence-corrected chi connectivity index (χ3v) is 7.64. The second-order valence-electron chi connectivity index (χ2n) is 9.23. The largest absolute Gasteiger partial charge is 0.493 e. The Morgan fingerprint density at radius 2 is 1.58 bits per heavy atom. The van der Waals surface area contributed by atoms with Crippen molar-refractivity contribution in [1.82, 2.24) is 0 Å². The van der Waals surface area contributed by atoms with Crippen molar-refractivity contribution in [3.05, 3.63) is 58.1 Å². The Morgan fingerprint density at radius 1 is 0.921 bits per heavy atom. The Balaban J connectivity index is 2.00. The molecular weight excluding hydrogens is 550 g/mol. The quantitative estimate of drug-likeness (QED) is 0.365. The molecule has 2 atom stereocenters. The molecule has 2 unspecified atom stereocenters. The van der Waals surface area contributed by atoms with Gasteiger partial charge < -0.3 is 28.6 Å². The summed E-state index contributed by atoms with van der Waals surface area (Å²) in [6, 6.07) is 15.7. The van der Waals surface area contributed by atoms with Crippen LogP contribution in [0.3, 0.4) is 0 Å². The predicted molar refractivity (Wildman–Crippen MR) is 150 cm³/mol. The summed E-state index contributed by atoms with van der Waals surface area (Å²) in [4.78, 5) is 1.96. The first kappa shape index (κ1) is 27.1. The van der Waals surface area contributed by atoms with Crippen LogP contribution in [0.25, 0.3) is 11.1 Å². The van der Waals surface area contributed by atoms with Crippen molar-refractivity contribution in [1.29, 1.82) is 10.7 Å². The summed E-state index contributed by atoms with van der Waals surface area (Å²) in [5.41, 5.74) is 3.03. The summed E-state index contributed by atoms with van der Waals surface area (Å²) in [5.74, 6) is 1.62. The van der Waals surface area contributed by atoms with Crippen molar-refractivity contribution >= 4 is 27.5 Å². The standard InChI is InChI=1S/C29H30BrN3O5/c1-29(19-10-8-17(33(2)3)14-23(19)38-28(32)21(29)15-31)20-11-9-18(25(35-5)26(20)36-6)16-12-22(30)27(37-7)24(13-16)34-4/h8-14,21,32H,1-7H3. The van der Waals surface area contributed by atoms with Crippen LogP contribution in [0, 0.1) is 22.7 Å². The molecule has 0 saturated carbocycles. The van der Waals surface area contributed by atoms with Crippen molar-refractivity contribution in [2.75, 3.05) is 47.4 Å². The molecule has 9 heteroatoms. The number of benzene rings is 3. The van der Waals surface area contributed by atoms with Crippen LogP contribution in [0.5, 0.6) is 28.7 Å². The maximum absolute atomic E-state index is 10.2. The molecule has 0 bridgehead atoms. The van der Waals surface area contributed by atoms with Crippen molar-refractivity contribution in [2.45, 2.75) is 12.3 Å². The van der Waals surface area contributed by atoms with Crippen molar-refractivity contribution in [3.8, 4) is 45.9 Å². The minimum Gasteiger partial charge on any atom is -0.493 e. The maximum atomic E-state index is 10.2. The predicted octanol–water partition coefficient (Wildman–Crippen LogP) is 6.03. The van der Waals surface area contributed by atoms with Gasteiger partial charge in [0.15, 0.2) is 23.0 Å². The molecule has 8 nitrogen and oxygen atoms in total. The van der Waals surface area contributed by atoms with Crippen molar-refractivity contribution in [3.63, 3.8) is 0 Å². The Morgan fingerprint density at radius 3 is 2.16 bits per heavy atom. The summed E-state index contributed by atoms with van der Waals surface area (Å²) in [5, 5.41) is 18.8. The third-order valence-electron chi connectivity index (χ3n) is 7.05. The fourth-order valence-electron chi connectivity index (χ4n) is 5.06. The number of nitrogens with one attached hydrogen (secondary N) is 1. The number of halogens is 1. The number of hydrogen-bond acceptors (Lipinski definition) is 8. The molecule has 1 heterocycles. The van der Waals surface area contributed by atoms with E-state index in [2.05, 4.69) is 22.0 Å². The zero-order valence-electron chi connectivity index (χ0n) is 22.4. The minimum atomic E-state index is -0.959. The summed E-state index contributed by atoms with van der Waals surface area (Å²) in [7, 11) is 10.2. The molecule has 0 aromatic heterocycles. The van der Waals surface area contributed by atoms with Crippen LogP contribution >= 0.6 is 15.9 Å². The highest BCUT2D eigenvalue weighted by Gasteiger charge is 2.49. The SMILES string of the molecule is COc1cc(-c2ccc(C3(C)c4ccc(N(C)C)cc4OC(=N)C3C#N)c(OC)c2OC)cc(Br)c1OC. The monoisotopic (exact) mass is 579 g/mol. The molecule has 3 aromatic carbocycles. The highest BCUT2D eigenvalue weighted by atomic mass is 79.9. The number of rotatable bonds is 7. The average Bonchev–Trinajstić information content (AvgIpc) is 2.91. The molecule has 1 aliphatic heterocycles. The van der Waals surface area contributed by atoms with E-state index in [4.69, 9.17) is 29.1 Å². The van der Waals surface area contributed by atoms with Crippen LogP contribution in [-0.2, 0) is 5.41 Å². The molecule has 0 aliphatic carbocycles. The fourth-order valence-corrected chi connectivity index (χ4v) is 5.67. The molecule has 198 valence electrons. The lowest BCUT2D eigenvalue weighted by Gasteiger charge is -2.41. The molecule has 3 aromatic rings. The van der Waals surface area contributed by atoms with Gasteiger partial charge in [-0.3, -0.25) is 5.41 Å². The van der Waals surface area contributed by atoms with Gasteiger partial charge in [0.1, 0.15) is 11.7 Å². The van der Waals surface area contributed by atoms with E-state index in [0.29, 0.717) is 34.3 Å². The first-order valence-corrected chi connectivity index (χ1v) is 12.6. The van der Waals surface area contributed by atoms with Crippen LogP contribution in [0.1, 0.15) is 18.1 Å². The number of hydrogen-bond donors (Lipinski definition) is 1. The van der Waals surface area contributed by atoms with E-state index < -0.39 is 11.3 Å². The topological polar surface area (TPSA) is 97.0 Å². The molecule has 0 fully saturated rings. The molecule has 0 amide bonds. The zero-order valence-corrected chi connectivity index (χ0v) is 24.0. The van der Waals surface area contributed by atoms with Crippen LogP contribution in [0.4, 0.5) is 5.69 Å². The lowest BCUT2D eigenvalue weighted by molar-refractivity contribution is 0.331. The number of nitriles is 1. The Hall–Kier alpha value is -3.90. The molecular formula is C29H30BrN3O5. The number of anilines is 1. The first-order valence-electron chi connectivity index (χ1n) is 11.8. The number of fused-ring (bicyclic) bond motifs is 1. The van der Waals surface area contributed by atoms with Gasteiger partial charge in [-0.15, -0.1) is 0 Å². The highest BCUT2D eigenvalue weighted by molar-refractivity contribution is 9.10. The van der Waals surface area contributed by atoms with Gasteiger partial charge in [0, 0.05) is 48.0 Å². The van der Waals surface area contributed by atoms with E-state index in [0.717, 1.165) is 26.9 Å². The molecule has 38 heavy (non-hydrogen) atoms. The molecule has 0 saturated heterocycles. The second kappa shape index (κ2) is 10.5. The average molecular weight is 580 g/mol. The van der Waals surface area contributed by atoms with E-state index >= 15 is 0 Å². The fraction of sp³-hybridized carbons (Fsp3) is 0.310. The Kier molecular flexibility index (Phi) is 7.47. The van der Waals surface area contributed by atoms with E-state index in [1.807, 2.05) is 68.4 Å². The van der Waals surface area contributed by atoms with Gasteiger partial charge in [0.2, 0.25) is 5.90 Å². The smallest absolute Gasteiger partial charge is 0.206 e. The maximum Gasteiger partial charge on any atom is 0.206 e. The highest BCUT2D eigenvalue weighted by Crippen LogP contribution is 2.54. The molecule has 0 spiro atoms. The summed E-state index contributed by atoms with van der Waals surface area (Å²) < 4.78 is 29.5. The lowest BCUT2D eigenvalue weighted by Crippen LogP contribution is -2.43. The zero-order chi connectivity index (χ0) is 27.8. The summed E-state index contributed by atoms with van der Waals surface area (Å²) >= 11 is 3.57. The van der Waals surface area contributed by atoms with E-state index in [1.165, 1.54) is 0 Å². The second-order valence-corrected chi connectivity index (χ2v) is 10.1. The summed E-state index contributed by atoms with van der Waals surface area (Å²) in [6.45, 7) is 1.94. The van der Waals surface area contributed by atoms with E-state index in [1.54, 1.807) is 28.4 Å². The third kappa shape index (κ3) is 4.19. The van der Waals surface area contributed by atoms with Crippen molar-refractivity contribution < 1.29 is 23.7 Å². The van der Waals surface area contributed by atoms with Crippen LogP contribution in [0.2, 0.25) is 0 Å². The molecule has 4 rings (SSSR count). The van der Waals surface area contributed by atoms with Crippen LogP contribution in [0.15, 0.2) is 46.9 Å². The van der Waals surface area contributed by atoms with Gasteiger partial charge in [0.25, 0.3) is 0 Å². The molecule has 1 N–H and O–H groups in total. The van der Waals surface area contributed by atoms with Gasteiger partial charge >= 0.3 is 0 Å². The minimum absolute atomic E-state index is 0.118. The Labute approximate surface area is 231 Å². The molecule has 0 radical (unpaired) electrons. The van der Waals surface area contributed by atoms with Gasteiger partial charge in [-0.25, -0.2) is 0 Å². The van der Waals surface area contributed by atoms with E-state index in [-0.39, 0.29) is 5.90 Å². The number of ether oxygens (including phenoxy) is 5. The number of methoxy groups -OCH3 is 4. The number of nitrogens with zero attached hydrogens (tertiary/aromatic N) is 2. The summed E-state index contributed by atoms with van der Waals surface area (Å²) in [6.07, 6.45) is 0. The van der Waals surface area contributed by atoms with Gasteiger partial charge in [-0.05, 0) is 46.6 Å². The van der Waals surface area contributed by atoms with Crippen molar-refractivity contribution in [2.24, 2.45) is 5.92 Å². The first-order chi connectivity index (χ1) is 18.2. The normalized spacial score (nSPS) is 18.1. The van der Waals surface area contributed by atoms with E-state index in [9.17, 15) is 5.26 Å².